The minimum atomic E-state index is -0.336. The predicted octanol–water partition coefficient (Wildman–Crippen LogP) is 2.08. The molecule has 0 spiro atoms. The van der Waals surface area contributed by atoms with Crippen LogP contribution in [0.5, 0.6) is 5.75 Å². The summed E-state index contributed by atoms with van der Waals surface area (Å²) in [4.78, 5) is 28.4. The van der Waals surface area contributed by atoms with Crippen LogP contribution in [0, 0.1) is 5.92 Å². The molecule has 0 saturated carbocycles. The quantitative estimate of drug-likeness (QED) is 0.633. The van der Waals surface area contributed by atoms with E-state index in [-0.39, 0.29) is 23.5 Å². The number of para-hydroxylation sites is 2. The molecule has 0 radical (unpaired) electrons. The monoisotopic (exact) mass is 458 g/mol. The van der Waals surface area contributed by atoms with E-state index in [1.807, 2.05) is 28.8 Å². The lowest BCUT2D eigenvalue weighted by Gasteiger charge is -2.31. The molecule has 1 aromatic heterocycles. The Labute approximate surface area is 192 Å². The molecular weight excluding hydrogens is 428 g/mol. The third-order valence-electron chi connectivity index (χ3n) is 6.08. The highest BCUT2D eigenvalue weighted by Crippen LogP contribution is 2.33. The van der Waals surface area contributed by atoms with Gasteiger partial charge in [0.1, 0.15) is 5.75 Å². The summed E-state index contributed by atoms with van der Waals surface area (Å²) in [6, 6.07) is 7.76. The summed E-state index contributed by atoms with van der Waals surface area (Å²) in [5.74, 6) is 1.10. The standard InChI is InChI=1S/C22H30N6O3S/c1-31-18-10-4-3-9-17(18)28-21(26-11-5-2-6-12-26)24-25-22(28)32-15-19(29)27-13-7-8-16(14-27)20(23)30/h3-4,9-10,16H,2,5-8,11-15H2,1H3,(H2,23,30). The average molecular weight is 459 g/mol. The molecule has 2 aliphatic rings. The van der Waals surface area contributed by atoms with Gasteiger partial charge < -0.3 is 20.3 Å². The molecule has 1 atom stereocenters. The zero-order valence-electron chi connectivity index (χ0n) is 18.4. The second-order valence-electron chi connectivity index (χ2n) is 8.21. The SMILES string of the molecule is COc1ccccc1-n1c(SCC(=O)N2CCCC(C(N)=O)C2)nnc1N1CCCCC1. The molecule has 0 bridgehead atoms. The number of piperidine rings is 2. The van der Waals surface area contributed by atoms with Gasteiger partial charge in [0.2, 0.25) is 17.8 Å². The summed E-state index contributed by atoms with van der Waals surface area (Å²) in [6.07, 6.45) is 5.00. The molecule has 3 heterocycles. The maximum absolute atomic E-state index is 12.9. The van der Waals surface area contributed by atoms with Gasteiger partial charge in [-0.1, -0.05) is 23.9 Å². The van der Waals surface area contributed by atoms with Crippen molar-refractivity contribution in [3.8, 4) is 11.4 Å². The molecule has 2 aliphatic heterocycles. The van der Waals surface area contributed by atoms with Crippen LogP contribution in [0.2, 0.25) is 0 Å². The van der Waals surface area contributed by atoms with Crippen molar-refractivity contribution in [2.45, 2.75) is 37.3 Å². The van der Waals surface area contributed by atoms with Crippen LogP contribution in [-0.2, 0) is 9.59 Å². The number of nitrogens with two attached hydrogens (primary N) is 1. The number of carbonyl (C=O) groups excluding carboxylic acids is 2. The van der Waals surface area contributed by atoms with E-state index in [1.54, 1.807) is 12.0 Å². The zero-order valence-corrected chi connectivity index (χ0v) is 19.2. The van der Waals surface area contributed by atoms with Crippen molar-refractivity contribution in [1.82, 2.24) is 19.7 Å². The number of hydrogen-bond donors (Lipinski definition) is 1. The maximum Gasteiger partial charge on any atom is 0.233 e. The first kappa shape index (κ1) is 22.4. The minimum Gasteiger partial charge on any atom is -0.495 e. The molecule has 2 saturated heterocycles. The normalized spacial score (nSPS) is 19.1. The molecule has 1 unspecified atom stereocenters. The number of carbonyl (C=O) groups is 2. The summed E-state index contributed by atoms with van der Waals surface area (Å²) in [7, 11) is 1.64. The lowest BCUT2D eigenvalue weighted by Crippen LogP contribution is -2.44. The van der Waals surface area contributed by atoms with Gasteiger partial charge in [-0.2, -0.15) is 0 Å². The van der Waals surface area contributed by atoms with Crippen molar-refractivity contribution in [3.63, 3.8) is 0 Å². The number of nitrogens with zero attached hydrogens (tertiary/aromatic N) is 5. The van der Waals surface area contributed by atoms with E-state index in [0.29, 0.717) is 18.2 Å². The predicted molar refractivity (Wildman–Crippen MR) is 123 cm³/mol. The van der Waals surface area contributed by atoms with Gasteiger partial charge in [0.15, 0.2) is 5.16 Å². The van der Waals surface area contributed by atoms with Crippen LogP contribution in [-0.4, -0.2) is 70.5 Å². The van der Waals surface area contributed by atoms with E-state index in [9.17, 15) is 9.59 Å². The number of amides is 2. The average Bonchev–Trinajstić information content (AvgIpc) is 3.26. The topological polar surface area (TPSA) is 107 Å². The first-order valence-electron chi connectivity index (χ1n) is 11.1. The number of hydrogen-bond acceptors (Lipinski definition) is 7. The van der Waals surface area contributed by atoms with Crippen LogP contribution >= 0.6 is 11.8 Å². The van der Waals surface area contributed by atoms with Gasteiger partial charge in [-0.15, -0.1) is 10.2 Å². The number of thioether (sulfide) groups is 1. The molecule has 0 aliphatic carbocycles. The fraction of sp³-hybridized carbons (Fsp3) is 0.545. The second kappa shape index (κ2) is 10.2. The van der Waals surface area contributed by atoms with E-state index in [1.165, 1.54) is 18.2 Å². The molecule has 2 amide bonds. The highest BCUT2D eigenvalue weighted by molar-refractivity contribution is 7.99. The van der Waals surface area contributed by atoms with Crippen LogP contribution in [0.1, 0.15) is 32.1 Å². The molecule has 1 aromatic carbocycles. The largest absolute Gasteiger partial charge is 0.495 e. The van der Waals surface area contributed by atoms with Gasteiger partial charge in [0.05, 0.1) is 24.5 Å². The number of primary amides is 1. The lowest BCUT2D eigenvalue weighted by molar-refractivity contribution is -0.132. The lowest BCUT2D eigenvalue weighted by atomic mass is 9.97. The van der Waals surface area contributed by atoms with Crippen LogP contribution in [0.15, 0.2) is 29.4 Å². The molecule has 2 aromatic rings. The van der Waals surface area contributed by atoms with E-state index in [4.69, 9.17) is 10.5 Å². The molecule has 172 valence electrons. The Balaban J connectivity index is 1.56. The van der Waals surface area contributed by atoms with Gasteiger partial charge in [0.25, 0.3) is 0 Å². The molecule has 10 heteroatoms. The van der Waals surface area contributed by atoms with Gasteiger partial charge in [0, 0.05) is 26.2 Å². The van der Waals surface area contributed by atoms with Crippen molar-refractivity contribution in [1.29, 1.82) is 0 Å². The van der Waals surface area contributed by atoms with Crippen LogP contribution in [0.4, 0.5) is 5.95 Å². The number of methoxy groups -OCH3 is 1. The van der Waals surface area contributed by atoms with E-state index < -0.39 is 0 Å². The first-order valence-corrected chi connectivity index (χ1v) is 12.1. The summed E-state index contributed by atoms with van der Waals surface area (Å²) < 4.78 is 7.59. The minimum absolute atomic E-state index is 0.0185. The maximum atomic E-state index is 12.9. The molecule has 9 nitrogen and oxygen atoms in total. The van der Waals surface area contributed by atoms with Gasteiger partial charge in [-0.25, -0.2) is 0 Å². The molecule has 2 fully saturated rings. The number of anilines is 1. The van der Waals surface area contributed by atoms with Crippen molar-refractivity contribution < 1.29 is 14.3 Å². The Hall–Kier alpha value is -2.75. The Morgan fingerprint density at radius 1 is 1.12 bits per heavy atom. The highest BCUT2D eigenvalue weighted by Gasteiger charge is 2.28. The summed E-state index contributed by atoms with van der Waals surface area (Å²) in [5.41, 5.74) is 6.31. The summed E-state index contributed by atoms with van der Waals surface area (Å²) in [5, 5.41) is 9.58. The first-order chi connectivity index (χ1) is 15.6. The van der Waals surface area contributed by atoms with Crippen molar-refractivity contribution >= 4 is 29.5 Å². The van der Waals surface area contributed by atoms with Gasteiger partial charge in [-0.3, -0.25) is 14.2 Å². The van der Waals surface area contributed by atoms with Crippen molar-refractivity contribution in [3.05, 3.63) is 24.3 Å². The van der Waals surface area contributed by atoms with Gasteiger partial charge in [-0.05, 0) is 44.2 Å². The zero-order chi connectivity index (χ0) is 22.5. The summed E-state index contributed by atoms with van der Waals surface area (Å²) in [6.45, 7) is 2.91. The van der Waals surface area contributed by atoms with Crippen molar-refractivity contribution in [2.24, 2.45) is 11.7 Å². The number of benzene rings is 1. The van der Waals surface area contributed by atoms with Crippen LogP contribution < -0.4 is 15.4 Å². The fourth-order valence-electron chi connectivity index (χ4n) is 4.33. The van der Waals surface area contributed by atoms with E-state index in [2.05, 4.69) is 15.1 Å². The number of ether oxygens (including phenoxy) is 1. The smallest absolute Gasteiger partial charge is 0.233 e. The molecule has 2 N–H and O–H groups in total. The second-order valence-corrected chi connectivity index (χ2v) is 9.15. The van der Waals surface area contributed by atoms with Crippen molar-refractivity contribution in [2.75, 3.05) is 43.9 Å². The number of likely N-dealkylation sites (tertiary alicyclic amines) is 1. The number of aromatic nitrogens is 3. The summed E-state index contributed by atoms with van der Waals surface area (Å²) >= 11 is 1.36. The van der Waals surface area contributed by atoms with Crippen LogP contribution in [0.25, 0.3) is 5.69 Å². The molecule has 4 rings (SSSR count). The van der Waals surface area contributed by atoms with Crippen LogP contribution in [0.3, 0.4) is 0 Å². The Kier molecular flexibility index (Phi) is 7.19. The Morgan fingerprint density at radius 2 is 1.91 bits per heavy atom. The molecule has 32 heavy (non-hydrogen) atoms. The third kappa shape index (κ3) is 4.85. The molecular formula is C22H30N6O3S. The Morgan fingerprint density at radius 3 is 2.66 bits per heavy atom. The van der Waals surface area contributed by atoms with E-state index >= 15 is 0 Å². The highest BCUT2D eigenvalue weighted by atomic mass is 32.2. The Bertz CT molecular complexity index is 959. The number of rotatable bonds is 7. The fourth-order valence-corrected chi connectivity index (χ4v) is 5.18. The van der Waals surface area contributed by atoms with Gasteiger partial charge >= 0.3 is 0 Å². The van der Waals surface area contributed by atoms with E-state index in [0.717, 1.165) is 56.2 Å². The third-order valence-corrected chi connectivity index (χ3v) is 7.00.